The Kier molecular flexibility index (Phi) is 3.16. The molecular weight excluding hydrogens is 166 g/mol. The zero-order chi connectivity index (χ0) is 8.97. The average molecular weight is 176 g/mol. The standard InChI is InChI=1S/C7H10F2N2O/c1-5(7(8)9)10-4-6-2-3-11-12-6/h2-3,5,7,10H,4H2,1H3. The fraction of sp³-hybridized carbons (Fsp3) is 0.571. The second-order valence-corrected chi connectivity index (χ2v) is 2.48. The number of hydrogen-bond donors (Lipinski definition) is 1. The van der Waals surface area contributed by atoms with Crippen molar-refractivity contribution in [3.05, 3.63) is 18.0 Å². The quantitative estimate of drug-likeness (QED) is 0.753. The maximum absolute atomic E-state index is 11.9. The first-order chi connectivity index (χ1) is 5.70. The highest BCUT2D eigenvalue weighted by atomic mass is 19.3. The molecule has 3 nitrogen and oxygen atoms in total. The minimum atomic E-state index is -2.35. The summed E-state index contributed by atoms with van der Waals surface area (Å²) in [7, 11) is 0. The topological polar surface area (TPSA) is 38.1 Å². The van der Waals surface area contributed by atoms with Gasteiger partial charge in [-0.3, -0.25) is 0 Å². The summed E-state index contributed by atoms with van der Waals surface area (Å²) in [5.41, 5.74) is 0. The number of nitrogens with zero attached hydrogens (tertiary/aromatic N) is 1. The third-order valence-electron chi connectivity index (χ3n) is 1.47. The minimum Gasteiger partial charge on any atom is -0.360 e. The van der Waals surface area contributed by atoms with E-state index in [0.29, 0.717) is 5.76 Å². The number of aromatic nitrogens is 1. The molecule has 1 unspecified atom stereocenters. The summed E-state index contributed by atoms with van der Waals surface area (Å²) < 4.78 is 28.6. The van der Waals surface area contributed by atoms with Gasteiger partial charge in [-0.15, -0.1) is 0 Å². The van der Waals surface area contributed by atoms with Crippen LogP contribution in [0.25, 0.3) is 0 Å². The van der Waals surface area contributed by atoms with Gasteiger partial charge in [0.2, 0.25) is 0 Å². The maximum atomic E-state index is 11.9. The first-order valence-corrected chi connectivity index (χ1v) is 3.61. The summed E-state index contributed by atoms with van der Waals surface area (Å²) in [6.07, 6.45) is -0.878. The van der Waals surface area contributed by atoms with Crippen molar-refractivity contribution in [1.82, 2.24) is 10.5 Å². The van der Waals surface area contributed by atoms with E-state index in [9.17, 15) is 8.78 Å². The molecule has 0 bridgehead atoms. The smallest absolute Gasteiger partial charge is 0.253 e. The fourth-order valence-electron chi connectivity index (χ4n) is 0.684. The van der Waals surface area contributed by atoms with E-state index < -0.39 is 12.5 Å². The van der Waals surface area contributed by atoms with Crippen molar-refractivity contribution in [2.45, 2.75) is 25.9 Å². The van der Waals surface area contributed by atoms with E-state index in [0.717, 1.165) is 0 Å². The molecule has 0 saturated carbocycles. The van der Waals surface area contributed by atoms with Crippen LogP contribution in [0.2, 0.25) is 0 Å². The van der Waals surface area contributed by atoms with Crippen LogP contribution >= 0.6 is 0 Å². The molecule has 0 amide bonds. The van der Waals surface area contributed by atoms with Crippen molar-refractivity contribution < 1.29 is 13.3 Å². The normalized spacial score (nSPS) is 13.7. The van der Waals surface area contributed by atoms with Gasteiger partial charge in [-0.25, -0.2) is 8.78 Å². The molecule has 0 spiro atoms. The number of hydrogen-bond acceptors (Lipinski definition) is 3. The Labute approximate surface area is 68.7 Å². The third kappa shape index (κ3) is 2.58. The molecule has 1 heterocycles. The van der Waals surface area contributed by atoms with Gasteiger partial charge in [0.15, 0.2) is 0 Å². The molecule has 0 aliphatic carbocycles. The zero-order valence-electron chi connectivity index (χ0n) is 6.63. The van der Waals surface area contributed by atoms with E-state index in [1.165, 1.54) is 13.1 Å². The van der Waals surface area contributed by atoms with Crippen LogP contribution in [0, 0.1) is 0 Å². The van der Waals surface area contributed by atoms with Crippen molar-refractivity contribution >= 4 is 0 Å². The number of nitrogens with one attached hydrogen (secondary N) is 1. The molecule has 12 heavy (non-hydrogen) atoms. The number of alkyl halides is 2. The molecule has 1 rings (SSSR count). The SMILES string of the molecule is CC(NCc1ccno1)C(F)F. The summed E-state index contributed by atoms with van der Waals surface area (Å²) in [5.74, 6) is 0.558. The van der Waals surface area contributed by atoms with E-state index >= 15 is 0 Å². The molecule has 0 saturated heterocycles. The summed E-state index contributed by atoms with van der Waals surface area (Å²) in [5, 5.41) is 6.04. The molecular formula is C7H10F2N2O. The maximum Gasteiger partial charge on any atom is 0.253 e. The molecule has 1 aromatic rings. The number of halogens is 2. The lowest BCUT2D eigenvalue weighted by Crippen LogP contribution is -2.31. The van der Waals surface area contributed by atoms with Gasteiger partial charge >= 0.3 is 0 Å². The van der Waals surface area contributed by atoms with Gasteiger partial charge in [-0.05, 0) is 6.92 Å². The average Bonchev–Trinajstić information content (AvgIpc) is 2.51. The van der Waals surface area contributed by atoms with Gasteiger partial charge < -0.3 is 9.84 Å². The van der Waals surface area contributed by atoms with Gasteiger partial charge in [0.25, 0.3) is 6.43 Å². The van der Waals surface area contributed by atoms with Crippen molar-refractivity contribution in [3.63, 3.8) is 0 Å². The summed E-state index contributed by atoms with van der Waals surface area (Å²) in [4.78, 5) is 0. The van der Waals surface area contributed by atoms with E-state index in [1.807, 2.05) is 0 Å². The van der Waals surface area contributed by atoms with Crippen LogP contribution in [-0.4, -0.2) is 17.6 Å². The minimum absolute atomic E-state index is 0.283. The number of rotatable bonds is 4. The van der Waals surface area contributed by atoms with Crippen LogP contribution in [0.5, 0.6) is 0 Å². The predicted octanol–water partition coefficient (Wildman–Crippen LogP) is 1.42. The van der Waals surface area contributed by atoms with Gasteiger partial charge in [0, 0.05) is 6.07 Å². The van der Waals surface area contributed by atoms with Crippen molar-refractivity contribution in [3.8, 4) is 0 Å². The van der Waals surface area contributed by atoms with Gasteiger partial charge in [-0.1, -0.05) is 5.16 Å². The third-order valence-corrected chi connectivity index (χ3v) is 1.47. The van der Waals surface area contributed by atoms with Crippen LogP contribution in [0.3, 0.4) is 0 Å². The highest BCUT2D eigenvalue weighted by molar-refractivity contribution is 4.92. The Morgan fingerprint density at radius 1 is 1.67 bits per heavy atom. The molecule has 0 fully saturated rings. The Bertz CT molecular complexity index is 213. The van der Waals surface area contributed by atoms with E-state index in [2.05, 4.69) is 10.5 Å². The highest BCUT2D eigenvalue weighted by Gasteiger charge is 2.13. The van der Waals surface area contributed by atoms with E-state index in [1.54, 1.807) is 6.07 Å². The van der Waals surface area contributed by atoms with Gasteiger partial charge in [0.05, 0.1) is 18.8 Å². The monoisotopic (exact) mass is 176 g/mol. The zero-order valence-corrected chi connectivity index (χ0v) is 6.63. The molecule has 0 radical (unpaired) electrons. The second kappa shape index (κ2) is 4.15. The summed E-state index contributed by atoms with van der Waals surface area (Å²) >= 11 is 0. The van der Waals surface area contributed by atoms with Crippen molar-refractivity contribution in [2.75, 3.05) is 0 Å². The second-order valence-electron chi connectivity index (χ2n) is 2.48. The molecule has 0 aromatic carbocycles. The Morgan fingerprint density at radius 3 is 2.92 bits per heavy atom. The van der Waals surface area contributed by atoms with Crippen LogP contribution in [-0.2, 0) is 6.54 Å². The van der Waals surface area contributed by atoms with Crippen LogP contribution in [0.1, 0.15) is 12.7 Å². The van der Waals surface area contributed by atoms with E-state index in [4.69, 9.17) is 4.52 Å². The lowest BCUT2D eigenvalue weighted by Gasteiger charge is -2.10. The highest BCUT2D eigenvalue weighted by Crippen LogP contribution is 2.01. The lowest BCUT2D eigenvalue weighted by molar-refractivity contribution is 0.104. The van der Waals surface area contributed by atoms with Gasteiger partial charge in [-0.2, -0.15) is 0 Å². The molecule has 68 valence electrons. The lowest BCUT2D eigenvalue weighted by atomic mass is 10.3. The predicted molar refractivity (Wildman–Crippen MR) is 38.8 cm³/mol. The van der Waals surface area contributed by atoms with Crippen molar-refractivity contribution in [2.24, 2.45) is 0 Å². The fourth-order valence-corrected chi connectivity index (χ4v) is 0.684. The Hall–Kier alpha value is -0.970. The Morgan fingerprint density at radius 2 is 2.42 bits per heavy atom. The van der Waals surface area contributed by atoms with Crippen LogP contribution < -0.4 is 5.32 Å². The van der Waals surface area contributed by atoms with Crippen molar-refractivity contribution in [1.29, 1.82) is 0 Å². The molecule has 1 aromatic heterocycles. The molecule has 1 atom stereocenters. The summed E-state index contributed by atoms with van der Waals surface area (Å²) in [6, 6.07) is 0.806. The van der Waals surface area contributed by atoms with Crippen LogP contribution in [0.15, 0.2) is 16.8 Å². The Balaban J connectivity index is 2.27. The van der Waals surface area contributed by atoms with E-state index in [-0.39, 0.29) is 6.54 Å². The van der Waals surface area contributed by atoms with Crippen LogP contribution in [0.4, 0.5) is 8.78 Å². The first kappa shape index (κ1) is 9.12. The largest absolute Gasteiger partial charge is 0.360 e. The van der Waals surface area contributed by atoms with Gasteiger partial charge in [0.1, 0.15) is 5.76 Å². The molecule has 5 heteroatoms. The molecule has 0 aliphatic rings. The molecule has 1 N–H and O–H groups in total. The molecule has 0 aliphatic heterocycles. The summed E-state index contributed by atoms with van der Waals surface area (Å²) in [6.45, 7) is 1.70. The first-order valence-electron chi connectivity index (χ1n) is 3.61.